The first-order chi connectivity index (χ1) is 20.1. The third kappa shape index (κ3) is 6.75. The van der Waals surface area contributed by atoms with Gasteiger partial charge in [-0.15, -0.1) is 0 Å². The molecule has 3 aromatic heterocycles. The number of aryl methyl sites for hydroxylation is 1. The first-order valence-electron chi connectivity index (χ1n) is 14.0. The van der Waals surface area contributed by atoms with Crippen LogP contribution in [0.15, 0.2) is 67.0 Å². The van der Waals surface area contributed by atoms with Gasteiger partial charge < -0.3 is 25.6 Å². The molecular formula is C30H33N9O2. The van der Waals surface area contributed by atoms with Gasteiger partial charge in [0.05, 0.1) is 5.92 Å². The van der Waals surface area contributed by atoms with E-state index in [0.29, 0.717) is 35.6 Å². The van der Waals surface area contributed by atoms with Gasteiger partial charge in [0.15, 0.2) is 5.82 Å². The van der Waals surface area contributed by atoms with Crippen molar-refractivity contribution < 1.29 is 9.53 Å². The maximum Gasteiger partial charge on any atom is 0.311 e. The van der Waals surface area contributed by atoms with E-state index in [1.54, 1.807) is 24.5 Å². The second kappa shape index (κ2) is 12.3. The summed E-state index contributed by atoms with van der Waals surface area (Å²) in [6, 6.07) is 17.4. The fourth-order valence-electron chi connectivity index (χ4n) is 5.12. The highest BCUT2D eigenvalue weighted by molar-refractivity contribution is 5.74. The Morgan fingerprint density at radius 3 is 2.59 bits per heavy atom. The molecule has 11 heteroatoms. The maximum absolute atomic E-state index is 12.7. The summed E-state index contributed by atoms with van der Waals surface area (Å²) >= 11 is 0. The van der Waals surface area contributed by atoms with Crippen LogP contribution >= 0.6 is 0 Å². The molecule has 0 aliphatic carbocycles. The Morgan fingerprint density at radius 1 is 0.951 bits per heavy atom. The van der Waals surface area contributed by atoms with Crippen LogP contribution in [0, 0.1) is 12.8 Å². The van der Waals surface area contributed by atoms with E-state index in [4.69, 9.17) is 4.74 Å². The normalized spacial score (nSPS) is 18.6. The highest BCUT2D eigenvalue weighted by Crippen LogP contribution is 2.27. The number of piperidine rings is 1. The molecule has 0 radical (unpaired) electrons. The van der Waals surface area contributed by atoms with Crippen molar-refractivity contribution in [1.29, 1.82) is 0 Å². The van der Waals surface area contributed by atoms with E-state index in [9.17, 15) is 4.79 Å². The predicted octanol–water partition coefficient (Wildman–Crippen LogP) is 4.25. The van der Waals surface area contributed by atoms with Gasteiger partial charge in [0.25, 0.3) is 0 Å². The Kier molecular flexibility index (Phi) is 7.94. The number of carbonyl (C=O) groups excluding carboxylic acids is 1. The first kappa shape index (κ1) is 26.6. The van der Waals surface area contributed by atoms with Gasteiger partial charge in [0.2, 0.25) is 5.95 Å². The summed E-state index contributed by atoms with van der Waals surface area (Å²) in [4.78, 5) is 37.4. The molecule has 11 nitrogen and oxygen atoms in total. The number of nitrogens with one attached hydrogen (secondary N) is 3. The van der Waals surface area contributed by atoms with Crippen molar-refractivity contribution >= 4 is 34.9 Å². The van der Waals surface area contributed by atoms with Gasteiger partial charge in [-0.2, -0.15) is 4.98 Å². The average Bonchev–Trinajstić information content (AvgIpc) is 3.51. The summed E-state index contributed by atoms with van der Waals surface area (Å²) in [5, 5.41) is 9.74. The molecule has 2 saturated heterocycles. The monoisotopic (exact) mass is 551 g/mol. The van der Waals surface area contributed by atoms with E-state index in [1.165, 1.54) is 0 Å². The Morgan fingerprint density at radius 2 is 1.78 bits per heavy atom. The van der Waals surface area contributed by atoms with Gasteiger partial charge in [0.1, 0.15) is 23.4 Å². The highest BCUT2D eigenvalue weighted by Gasteiger charge is 2.30. The molecule has 0 bridgehead atoms. The number of hydrogen-bond acceptors (Lipinski definition) is 11. The van der Waals surface area contributed by atoms with Crippen molar-refractivity contribution in [2.75, 3.05) is 41.7 Å². The molecule has 210 valence electrons. The smallest absolute Gasteiger partial charge is 0.311 e. The minimum atomic E-state index is -0.0928. The second-order valence-electron chi connectivity index (χ2n) is 10.3. The molecule has 2 aliphatic rings. The number of carbonyl (C=O) groups is 1. The molecule has 2 aliphatic heterocycles. The lowest BCUT2D eigenvalue weighted by Crippen LogP contribution is -2.40. The summed E-state index contributed by atoms with van der Waals surface area (Å²) in [7, 11) is 0. The van der Waals surface area contributed by atoms with Crippen LogP contribution in [-0.2, 0) is 9.53 Å². The van der Waals surface area contributed by atoms with Crippen molar-refractivity contribution in [3.8, 4) is 11.5 Å². The number of aromatic nitrogens is 5. The predicted molar refractivity (Wildman–Crippen MR) is 157 cm³/mol. The summed E-state index contributed by atoms with van der Waals surface area (Å²) in [6.45, 7) is 5.20. The van der Waals surface area contributed by atoms with Crippen molar-refractivity contribution in [1.82, 2.24) is 30.2 Å². The SMILES string of the molecule is Cc1cccc(-c2nccc(Nc3ccnc(Nc4ccc(N5CCCC(C(=O)O[C@H]6CCNC6)C5)cc4)n3)n2)n1. The zero-order valence-corrected chi connectivity index (χ0v) is 23.0. The summed E-state index contributed by atoms with van der Waals surface area (Å²) in [5.74, 6) is 2.03. The third-order valence-electron chi connectivity index (χ3n) is 7.23. The minimum absolute atomic E-state index is 0.00788. The number of pyridine rings is 1. The van der Waals surface area contributed by atoms with E-state index in [-0.39, 0.29) is 18.0 Å². The van der Waals surface area contributed by atoms with Crippen molar-refractivity contribution in [3.05, 3.63) is 72.7 Å². The van der Waals surface area contributed by atoms with Crippen LogP contribution in [0.2, 0.25) is 0 Å². The van der Waals surface area contributed by atoms with Crippen molar-refractivity contribution in [2.24, 2.45) is 5.92 Å². The molecule has 0 amide bonds. The van der Waals surface area contributed by atoms with Crippen molar-refractivity contribution in [2.45, 2.75) is 32.3 Å². The largest absolute Gasteiger partial charge is 0.461 e. The number of esters is 1. The van der Waals surface area contributed by atoms with E-state index < -0.39 is 0 Å². The van der Waals surface area contributed by atoms with Gasteiger partial charge in [-0.25, -0.2) is 19.9 Å². The van der Waals surface area contributed by atoms with Gasteiger partial charge in [-0.3, -0.25) is 4.79 Å². The number of anilines is 5. The van der Waals surface area contributed by atoms with Crippen LogP contribution in [0.25, 0.3) is 11.5 Å². The Balaban J connectivity index is 1.07. The molecule has 3 N–H and O–H groups in total. The van der Waals surface area contributed by atoms with Crippen LogP contribution in [-0.4, -0.2) is 63.2 Å². The lowest BCUT2D eigenvalue weighted by Gasteiger charge is -2.33. The van der Waals surface area contributed by atoms with Gasteiger partial charge in [-0.1, -0.05) is 6.07 Å². The Bertz CT molecular complexity index is 1490. The number of benzene rings is 1. The standard InChI is InChI=1S/C30H33N9O2/c1-20-4-2-6-25(34-20)28-32-15-12-26(37-28)36-27-13-16-33-30(38-27)35-22-7-9-23(10-8-22)39-17-3-5-21(19-39)29(40)41-24-11-14-31-18-24/h2,4,6-10,12-13,15-16,21,24,31H,3,5,11,14,17-19H2,1H3,(H2,32,33,35,36,37,38)/t21?,24-/m0/s1. The third-order valence-corrected chi connectivity index (χ3v) is 7.23. The van der Waals surface area contributed by atoms with Crippen molar-refractivity contribution in [3.63, 3.8) is 0 Å². The Labute approximate surface area is 238 Å². The maximum atomic E-state index is 12.7. The summed E-state index contributed by atoms with van der Waals surface area (Å²) in [6.07, 6.45) is 6.12. The minimum Gasteiger partial charge on any atom is -0.461 e. The average molecular weight is 552 g/mol. The number of hydrogen-bond donors (Lipinski definition) is 3. The summed E-state index contributed by atoms with van der Waals surface area (Å²) < 4.78 is 5.73. The molecule has 2 fully saturated rings. The Hall–Kier alpha value is -4.64. The lowest BCUT2D eigenvalue weighted by atomic mass is 9.97. The van der Waals surface area contributed by atoms with Crippen LogP contribution in [0.3, 0.4) is 0 Å². The van der Waals surface area contributed by atoms with Crippen LogP contribution in [0.4, 0.5) is 29.0 Å². The molecule has 41 heavy (non-hydrogen) atoms. The number of rotatable bonds is 8. The number of nitrogens with zero attached hydrogens (tertiary/aromatic N) is 6. The highest BCUT2D eigenvalue weighted by atomic mass is 16.5. The van der Waals surface area contributed by atoms with E-state index in [0.717, 1.165) is 56.0 Å². The topological polar surface area (TPSA) is 130 Å². The van der Waals surface area contributed by atoms with Crippen LogP contribution < -0.4 is 20.9 Å². The quantitative estimate of drug-likeness (QED) is 0.272. The first-order valence-corrected chi connectivity index (χ1v) is 14.0. The molecule has 6 rings (SSSR count). The molecule has 1 aromatic carbocycles. The number of ether oxygens (including phenoxy) is 1. The second-order valence-corrected chi connectivity index (χ2v) is 10.3. The van der Waals surface area contributed by atoms with E-state index in [1.807, 2.05) is 37.3 Å². The molecule has 1 unspecified atom stereocenters. The molecule has 5 heterocycles. The molecule has 2 atom stereocenters. The van der Waals surface area contributed by atoms with Gasteiger partial charge in [-0.05, 0) is 81.3 Å². The van der Waals surface area contributed by atoms with Gasteiger partial charge in [0, 0.05) is 49.1 Å². The fourth-order valence-corrected chi connectivity index (χ4v) is 5.12. The van der Waals surface area contributed by atoms with Gasteiger partial charge >= 0.3 is 5.97 Å². The molecule has 0 spiro atoms. The van der Waals surface area contributed by atoms with E-state index in [2.05, 4.69) is 57.9 Å². The van der Waals surface area contributed by atoms with Crippen LogP contribution in [0.1, 0.15) is 25.0 Å². The zero-order chi connectivity index (χ0) is 28.0. The van der Waals surface area contributed by atoms with Crippen LogP contribution in [0.5, 0.6) is 0 Å². The summed E-state index contributed by atoms with van der Waals surface area (Å²) in [5.41, 5.74) is 3.56. The molecule has 0 saturated carbocycles. The lowest BCUT2D eigenvalue weighted by molar-refractivity contribution is -0.153. The van der Waals surface area contributed by atoms with E-state index >= 15 is 0 Å². The fraction of sp³-hybridized carbons (Fsp3) is 0.333. The molecule has 4 aromatic rings. The molecular weight excluding hydrogens is 518 g/mol. The zero-order valence-electron chi connectivity index (χ0n) is 23.0.